The predicted molar refractivity (Wildman–Crippen MR) is 97.2 cm³/mol. The highest BCUT2D eigenvalue weighted by Gasteiger charge is 2.14. The van der Waals surface area contributed by atoms with E-state index in [1.165, 1.54) is 0 Å². The number of nitriles is 1. The van der Waals surface area contributed by atoms with Gasteiger partial charge in [-0.15, -0.1) is 0 Å². The molecule has 0 radical (unpaired) electrons. The molecule has 0 aliphatic heterocycles. The number of hydrogen-bond acceptors (Lipinski definition) is 3. The minimum atomic E-state index is -0.170. The fourth-order valence-electron chi connectivity index (χ4n) is 2.50. The van der Waals surface area contributed by atoms with Gasteiger partial charge in [0, 0.05) is 13.6 Å². The first-order valence-electron chi connectivity index (χ1n) is 8.27. The fourth-order valence-corrected chi connectivity index (χ4v) is 2.50. The van der Waals surface area contributed by atoms with Gasteiger partial charge in [-0.25, -0.2) is 4.79 Å². The number of nitrogens with one attached hydrogen (secondary N) is 1. The predicted octanol–water partition coefficient (Wildman–Crippen LogP) is 3.86. The van der Waals surface area contributed by atoms with Gasteiger partial charge in [0.25, 0.3) is 0 Å². The normalized spacial score (nSPS) is 11.3. The van der Waals surface area contributed by atoms with Gasteiger partial charge in [0.2, 0.25) is 0 Å². The smallest absolute Gasteiger partial charge is 0.317 e. The molecule has 1 atom stereocenters. The maximum Gasteiger partial charge on any atom is 0.317 e. The summed E-state index contributed by atoms with van der Waals surface area (Å²) in [6.45, 7) is 4.92. The molecule has 0 spiro atoms. The summed E-state index contributed by atoms with van der Waals surface area (Å²) in [4.78, 5) is 14.0. The van der Waals surface area contributed by atoms with Crippen LogP contribution >= 0.6 is 0 Å². The number of amides is 2. The molecule has 0 aromatic heterocycles. The summed E-state index contributed by atoms with van der Waals surface area (Å²) in [5.74, 6) is 0.794. The molecule has 0 aliphatic rings. The largest absolute Gasteiger partial charge is 0.494 e. The summed E-state index contributed by atoms with van der Waals surface area (Å²) in [5, 5.41) is 11.9. The first-order valence-corrected chi connectivity index (χ1v) is 8.27. The van der Waals surface area contributed by atoms with Crippen molar-refractivity contribution in [1.29, 1.82) is 5.26 Å². The number of rotatable bonds is 6. The van der Waals surface area contributed by atoms with Crippen LogP contribution < -0.4 is 10.1 Å². The van der Waals surface area contributed by atoms with Crippen molar-refractivity contribution in [2.45, 2.75) is 26.4 Å². The highest BCUT2D eigenvalue weighted by molar-refractivity contribution is 5.74. The minimum absolute atomic E-state index is 0.138. The van der Waals surface area contributed by atoms with Crippen molar-refractivity contribution in [2.75, 3.05) is 13.7 Å². The van der Waals surface area contributed by atoms with Gasteiger partial charge < -0.3 is 15.0 Å². The molecule has 2 aromatic rings. The highest BCUT2D eigenvalue weighted by atomic mass is 16.5. The minimum Gasteiger partial charge on any atom is -0.494 e. The Morgan fingerprint density at radius 2 is 2.04 bits per heavy atom. The zero-order chi connectivity index (χ0) is 18.2. The van der Waals surface area contributed by atoms with E-state index in [0.717, 1.165) is 16.9 Å². The Hall–Kier alpha value is -3.00. The van der Waals surface area contributed by atoms with Crippen molar-refractivity contribution < 1.29 is 9.53 Å². The van der Waals surface area contributed by atoms with Crippen LogP contribution in [0.1, 0.15) is 36.6 Å². The monoisotopic (exact) mass is 337 g/mol. The molecule has 0 bridgehead atoms. The standard InChI is InChI=1S/C20H23N3O2/c1-4-25-19-10-6-9-18(12-19)15(2)22-20(24)23(3)14-17-8-5-7-16(11-17)13-21/h5-12,15H,4,14H2,1-3H3,(H,22,24)/t15-/m1/s1. The first-order chi connectivity index (χ1) is 12.0. The first kappa shape index (κ1) is 18.3. The molecule has 2 amide bonds. The Balaban J connectivity index is 1.98. The third-order valence-corrected chi connectivity index (χ3v) is 3.83. The second-order valence-electron chi connectivity index (χ2n) is 5.84. The van der Waals surface area contributed by atoms with Gasteiger partial charge in [-0.3, -0.25) is 0 Å². The van der Waals surface area contributed by atoms with Crippen LogP contribution in [0, 0.1) is 11.3 Å². The molecule has 25 heavy (non-hydrogen) atoms. The number of carbonyl (C=O) groups excluding carboxylic acids is 1. The van der Waals surface area contributed by atoms with Crippen molar-refractivity contribution in [3.63, 3.8) is 0 Å². The summed E-state index contributed by atoms with van der Waals surface area (Å²) in [6.07, 6.45) is 0. The zero-order valence-corrected chi connectivity index (χ0v) is 14.8. The lowest BCUT2D eigenvalue weighted by Gasteiger charge is -2.22. The van der Waals surface area contributed by atoms with Crippen LogP contribution in [0.4, 0.5) is 4.79 Å². The van der Waals surface area contributed by atoms with Crippen LogP contribution in [0.15, 0.2) is 48.5 Å². The van der Waals surface area contributed by atoms with Crippen LogP contribution in [-0.4, -0.2) is 24.6 Å². The molecule has 0 saturated carbocycles. The number of urea groups is 1. The lowest BCUT2D eigenvalue weighted by Crippen LogP contribution is -2.38. The molecule has 0 heterocycles. The third-order valence-electron chi connectivity index (χ3n) is 3.83. The van der Waals surface area contributed by atoms with E-state index in [-0.39, 0.29) is 12.1 Å². The van der Waals surface area contributed by atoms with E-state index in [4.69, 9.17) is 10.00 Å². The quantitative estimate of drug-likeness (QED) is 0.870. The van der Waals surface area contributed by atoms with Crippen molar-refractivity contribution in [3.8, 4) is 11.8 Å². The van der Waals surface area contributed by atoms with E-state index >= 15 is 0 Å². The molecule has 130 valence electrons. The Kier molecular flexibility index (Phi) is 6.41. The highest BCUT2D eigenvalue weighted by Crippen LogP contribution is 2.19. The lowest BCUT2D eigenvalue weighted by atomic mass is 10.1. The average Bonchev–Trinajstić information content (AvgIpc) is 2.62. The molecule has 0 unspecified atom stereocenters. The molecule has 0 saturated heterocycles. The molecule has 2 rings (SSSR count). The van der Waals surface area contributed by atoms with Gasteiger partial charge in [-0.2, -0.15) is 5.26 Å². The Morgan fingerprint density at radius 1 is 1.28 bits per heavy atom. The number of carbonyl (C=O) groups is 1. The van der Waals surface area contributed by atoms with E-state index in [1.807, 2.05) is 50.2 Å². The van der Waals surface area contributed by atoms with Crippen LogP contribution in [0.3, 0.4) is 0 Å². The molecule has 0 aliphatic carbocycles. The lowest BCUT2D eigenvalue weighted by molar-refractivity contribution is 0.203. The summed E-state index contributed by atoms with van der Waals surface area (Å²) >= 11 is 0. The van der Waals surface area contributed by atoms with E-state index < -0.39 is 0 Å². The van der Waals surface area contributed by atoms with Crippen LogP contribution in [0.25, 0.3) is 0 Å². The zero-order valence-electron chi connectivity index (χ0n) is 14.8. The Labute approximate surface area is 148 Å². The third kappa shape index (κ3) is 5.25. The average molecular weight is 337 g/mol. The van der Waals surface area contributed by atoms with Gasteiger partial charge in [0.1, 0.15) is 5.75 Å². The van der Waals surface area contributed by atoms with Crippen molar-refractivity contribution >= 4 is 6.03 Å². The maximum atomic E-state index is 12.4. The van der Waals surface area contributed by atoms with Gasteiger partial charge in [-0.1, -0.05) is 24.3 Å². The fraction of sp³-hybridized carbons (Fsp3) is 0.300. The van der Waals surface area contributed by atoms with E-state index in [0.29, 0.717) is 18.7 Å². The van der Waals surface area contributed by atoms with Gasteiger partial charge in [0.15, 0.2) is 0 Å². The van der Waals surface area contributed by atoms with E-state index in [1.54, 1.807) is 24.1 Å². The topological polar surface area (TPSA) is 65.4 Å². The molecule has 1 N–H and O–H groups in total. The SMILES string of the molecule is CCOc1cccc([C@@H](C)NC(=O)N(C)Cc2cccc(C#N)c2)c1. The summed E-state index contributed by atoms with van der Waals surface area (Å²) < 4.78 is 5.50. The van der Waals surface area contributed by atoms with Crippen LogP contribution in [-0.2, 0) is 6.54 Å². The van der Waals surface area contributed by atoms with Crippen molar-refractivity contribution in [2.24, 2.45) is 0 Å². The maximum absolute atomic E-state index is 12.4. The molecular weight excluding hydrogens is 314 g/mol. The Bertz CT molecular complexity index is 768. The van der Waals surface area contributed by atoms with Gasteiger partial charge >= 0.3 is 6.03 Å². The van der Waals surface area contributed by atoms with Crippen LogP contribution in [0.2, 0.25) is 0 Å². The Morgan fingerprint density at radius 3 is 2.76 bits per heavy atom. The molecule has 0 fully saturated rings. The number of benzene rings is 2. The van der Waals surface area contributed by atoms with E-state index in [9.17, 15) is 4.79 Å². The summed E-state index contributed by atoms with van der Waals surface area (Å²) in [6, 6.07) is 16.8. The summed E-state index contributed by atoms with van der Waals surface area (Å²) in [5.41, 5.74) is 2.49. The van der Waals surface area contributed by atoms with Gasteiger partial charge in [-0.05, 0) is 49.2 Å². The number of nitrogens with zero attached hydrogens (tertiary/aromatic N) is 2. The van der Waals surface area contributed by atoms with Gasteiger partial charge in [0.05, 0.1) is 24.3 Å². The number of ether oxygens (including phenoxy) is 1. The second kappa shape index (κ2) is 8.74. The van der Waals surface area contributed by atoms with Crippen molar-refractivity contribution in [1.82, 2.24) is 10.2 Å². The molecule has 5 heteroatoms. The summed E-state index contributed by atoms with van der Waals surface area (Å²) in [7, 11) is 1.73. The van der Waals surface area contributed by atoms with Crippen LogP contribution in [0.5, 0.6) is 5.75 Å². The molecule has 2 aromatic carbocycles. The van der Waals surface area contributed by atoms with E-state index in [2.05, 4.69) is 11.4 Å². The second-order valence-corrected chi connectivity index (χ2v) is 5.84. The molecular formula is C20H23N3O2. The molecule has 5 nitrogen and oxygen atoms in total. The van der Waals surface area contributed by atoms with Crippen molar-refractivity contribution in [3.05, 3.63) is 65.2 Å². The number of hydrogen-bond donors (Lipinski definition) is 1.